The lowest BCUT2D eigenvalue weighted by Gasteiger charge is -2.34. The standard InChI is InChI=1S/C11H24N2O2/c1-9(6-11(2,14)8-12)13(3)10-4-5-15-7-10/h9-10,14H,4-8,12H2,1-3H3. The summed E-state index contributed by atoms with van der Waals surface area (Å²) < 4.78 is 5.36. The lowest BCUT2D eigenvalue weighted by atomic mass is 9.96. The summed E-state index contributed by atoms with van der Waals surface area (Å²) in [5.41, 5.74) is 4.76. The number of aliphatic hydroxyl groups is 1. The fourth-order valence-corrected chi connectivity index (χ4v) is 2.07. The van der Waals surface area contributed by atoms with Crippen molar-refractivity contribution >= 4 is 0 Å². The van der Waals surface area contributed by atoms with Crippen LogP contribution in [0.1, 0.15) is 26.7 Å². The summed E-state index contributed by atoms with van der Waals surface area (Å²) in [6.45, 7) is 5.90. The maximum absolute atomic E-state index is 9.90. The molecule has 4 nitrogen and oxygen atoms in total. The first-order valence-electron chi connectivity index (χ1n) is 5.68. The van der Waals surface area contributed by atoms with Crippen LogP contribution in [0.2, 0.25) is 0 Å². The Morgan fingerprint density at radius 2 is 2.33 bits per heavy atom. The van der Waals surface area contributed by atoms with E-state index in [1.54, 1.807) is 6.92 Å². The molecule has 1 rings (SSSR count). The molecule has 15 heavy (non-hydrogen) atoms. The summed E-state index contributed by atoms with van der Waals surface area (Å²) in [5, 5.41) is 9.90. The number of hydrogen-bond donors (Lipinski definition) is 2. The maximum Gasteiger partial charge on any atom is 0.0756 e. The molecular formula is C11H24N2O2. The summed E-state index contributed by atoms with van der Waals surface area (Å²) in [4.78, 5) is 2.29. The minimum atomic E-state index is -0.757. The first-order chi connectivity index (χ1) is 6.96. The van der Waals surface area contributed by atoms with Crippen molar-refractivity contribution in [3.63, 3.8) is 0 Å². The van der Waals surface area contributed by atoms with Crippen LogP contribution in [0.3, 0.4) is 0 Å². The molecule has 0 amide bonds. The molecule has 0 spiro atoms. The third kappa shape index (κ3) is 3.72. The number of hydrogen-bond acceptors (Lipinski definition) is 4. The van der Waals surface area contributed by atoms with E-state index in [-0.39, 0.29) is 0 Å². The van der Waals surface area contributed by atoms with Crippen molar-refractivity contribution in [2.75, 3.05) is 26.8 Å². The molecule has 1 aliphatic rings. The SMILES string of the molecule is CC(CC(C)(O)CN)N(C)C1CCOC1. The van der Waals surface area contributed by atoms with Gasteiger partial charge in [0.05, 0.1) is 12.2 Å². The fourth-order valence-electron chi connectivity index (χ4n) is 2.07. The summed E-state index contributed by atoms with van der Waals surface area (Å²) >= 11 is 0. The van der Waals surface area contributed by atoms with Gasteiger partial charge in [-0.05, 0) is 33.7 Å². The van der Waals surface area contributed by atoms with Crippen LogP contribution in [-0.2, 0) is 4.74 Å². The Kier molecular flexibility index (Phi) is 4.52. The quantitative estimate of drug-likeness (QED) is 0.689. The lowest BCUT2D eigenvalue weighted by molar-refractivity contribution is 0.0241. The van der Waals surface area contributed by atoms with Crippen molar-refractivity contribution in [1.29, 1.82) is 0 Å². The number of nitrogens with two attached hydrogens (primary N) is 1. The molecule has 0 aromatic heterocycles. The Morgan fingerprint density at radius 3 is 2.80 bits per heavy atom. The molecule has 0 aliphatic carbocycles. The van der Waals surface area contributed by atoms with Crippen LogP contribution in [0.5, 0.6) is 0 Å². The van der Waals surface area contributed by atoms with Crippen LogP contribution >= 0.6 is 0 Å². The van der Waals surface area contributed by atoms with Crippen LogP contribution in [0, 0.1) is 0 Å². The van der Waals surface area contributed by atoms with Gasteiger partial charge in [-0.3, -0.25) is 4.90 Å². The van der Waals surface area contributed by atoms with Crippen molar-refractivity contribution in [2.24, 2.45) is 5.73 Å². The van der Waals surface area contributed by atoms with Gasteiger partial charge in [-0.1, -0.05) is 0 Å². The third-order valence-electron chi connectivity index (χ3n) is 3.35. The Hall–Kier alpha value is -0.160. The van der Waals surface area contributed by atoms with Crippen molar-refractivity contribution in [2.45, 2.75) is 44.4 Å². The Morgan fingerprint density at radius 1 is 1.67 bits per heavy atom. The molecule has 1 fully saturated rings. The van der Waals surface area contributed by atoms with E-state index in [0.717, 1.165) is 19.6 Å². The summed E-state index contributed by atoms with van der Waals surface area (Å²) in [6.07, 6.45) is 1.79. The fraction of sp³-hybridized carbons (Fsp3) is 1.00. The van der Waals surface area contributed by atoms with Crippen molar-refractivity contribution < 1.29 is 9.84 Å². The van der Waals surface area contributed by atoms with Gasteiger partial charge < -0.3 is 15.6 Å². The van der Waals surface area contributed by atoms with Gasteiger partial charge in [0.15, 0.2) is 0 Å². The minimum Gasteiger partial charge on any atom is -0.389 e. The highest BCUT2D eigenvalue weighted by Crippen LogP contribution is 2.19. The van der Waals surface area contributed by atoms with Crippen LogP contribution in [0.15, 0.2) is 0 Å². The smallest absolute Gasteiger partial charge is 0.0756 e. The first kappa shape index (κ1) is 12.9. The second kappa shape index (κ2) is 5.25. The highest BCUT2D eigenvalue weighted by Gasteiger charge is 2.28. The normalized spacial score (nSPS) is 28.0. The predicted octanol–water partition coefficient (Wildman–Crippen LogP) is 0.195. The summed E-state index contributed by atoms with van der Waals surface area (Å²) in [7, 11) is 2.09. The van der Waals surface area contributed by atoms with Crippen molar-refractivity contribution in [1.82, 2.24) is 4.90 Å². The third-order valence-corrected chi connectivity index (χ3v) is 3.35. The number of likely N-dealkylation sites (N-methyl/N-ethyl adjacent to an activating group) is 1. The zero-order valence-electron chi connectivity index (χ0n) is 10.1. The molecule has 3 N–H and O–H groups in total. The van der Waals surface area contributed by atoms with E-state index < -0.39 is 5.60 Å². The van der Waals surface area contributed by atoms with Gasteiger partial charge in [-0.25, -0.2) is 0 Å². The molecular weight excluding hydrogens is 192 g/mol. The molecule has 0 bridgehead atoms. The second-order valence-electron chi connectivity index (χ2n) is 4.94. The average Bonchev–Trinajstić information content (AvgIpc) is 2.68. The molecule has 0 aromatic rings. The van der Waals surface area contributed by atoms with E-state index in [1.807, 2.05) is 0 Å². The zero-order valence-corrected chi connectivity index (χ0v) is 10.1. The topological polar surface area (TPSA) is 58.7 Å². The number of nitrogens with zero attached hydrogens (tertiary/aromatic N) is 1. The van der Waals surface area contributed by atoms with Crippen LogP contribution < -0.4 is 5.73 Å². The molecule has 90 valence electrons. The molecule has 3 unspecified atom stereocenters. The highest BCUT2D eigenvalue weighted by molar-refractivity contribution is 4.83. The van der Waals surface area contributed by atoms with Gasteiger partial charge in [0.25, 0.3) is 0 Å². The van der Waals surface area contributed by atoms with E-state index in [4.69, 9.17) is 10.5 Å². The molecule has 1 aliphatic heterocycles. The van der Waals surface area contributed by atoms with Gasteiger partial charge >= 0.3 is 0 Å². The van der Waals surface area contributed by atoms with Gasteiger partial charge in [0.1, 0.15) is 0 Å². The maximum atomic E-state index is 9.90. The van der Waals surface area contributed by atoms with E-state index in [2.05, 4.69) is 18.9 Å². The molecule has 0 radical (unpaired) electrons. The van der Waals surface area contributed by atoms with E-state index >= 15 is 0 Å². The van der Waals surface area contributed by atoms with E-state index in [1.165, 1.54) is 0 Å². The lowest BCUT2D eigenvalue weighted by Crippen LogP contribution is -2.45. The minimum absolute atomic E-state index is 0.312. The second-order valence-corrected chi connectivity index (χ2v) is 4.94. The van der Waals surface area contributed by atoms with Gasteiger partial charge in [-0.15, -0.1) is 0 Å². The molecule has 0 aromatic carbocycles. The Bertz CT molecular complexity index is 191. The first-order valence-corrected chi connectivity index (χ1v) is 5.68. The molecule has 4 heteroatoms. The largest absolute Gasteiger partial charge is 0.389 e. The Labute approximate surface area is 92.4 Å². The monoisotopic (exact) mass is 216 g/mol. The average molecular weight is 216 g/mol. The van der Waals surface area contributed by atoms with Crippen LogP contribution in [0.25, 0.3) is 0 Å². The zero-order chi connectivity index (χ0) is 11.5. The van der Waals surface area contributed by atoms with Gasteiger partial charge in [0, 0.05) is 25.2 Å². The van der Waals surface area contributed by atoms with Crippen molar-refractivity contribution in [3.8, 4) is 0 Å². The molecule has 1 saturated heterocycles. The number of rotatable bonds is 5. The predicted molar refractivity (Wildman–Crippen MR) is 60.7 cm³/mol. The molecule has 0 saturated carbocycles. The van der Waals surface area contributed by atoms with Crippen LogP contribution in [0.4, 0.5) is 0 Å². The highest BCUT2D eigenvalue weighted by atomic mass is 16.5. The summed E-state index contributed by atoms with van der Waals surface area (Å²) in [5.74, 6) is 0. The van der Waals surface area contributed by atoms with E-state index in [9.17, 15) is 5.11 Å². The number of ether oxygens (including phenoxy) is 1. The van der Waals surface area contributed by atoms with Crippen molar-refractivity contribution in [3.05, 3.63) is 0 Å². The van der Waals surface area contributed by atoms with Gasteiger partial charge in [-0.2, -0.15) is 0 Å². The van der Waals surface area contributed by atoms with E-state index in [0.29, 0.717) is 25.0 Å². The van der Waals surface area contributed by atoms with Gasteiger partial charge in [0.2, 0.25) is 0 Å². The van der Waals surface area contributed by atoms with Crippen LogP contribution in [-0.4, -0.2) is 54.5 Å². The molecule has 1 heterocycles. The summed E-state index contributed by atoms with van der Waals surface area (Å²) in [6, 6.07) is 0.823. The Balaban J connectivity index is 2.41. The molecule has 3 atom stereocenters.